The Hall–Kier alpha value is -1.97. The van der Waals surface area contributed by atoms with Crippen LogP contribution in [0.25, 0.3) is 10.9 Å². The topological polar surface area (TPSA) is 32.3 Å². The SMILES string of the molecule is CC.CN(c1nc(Cl)nc2cc(Br)c(C(F)(F)F)cc12)C1CN(Cc2ccccc2)CC1F. The van der Waals surface area contributed by atoms with Gasteiger partial charge in [-0.2, -0.15) is 18.2 Å². The molecule has 2 unspecified atom stereocenters. The highest BCUT2D eigenvalue weighted by Crippen LogP contribution is 2.39. The lowest BCUT2D eigenvalue weighted by Gasteiger charge is -2.28. The molecule has 1 aliphatic heterocycles. The van der Waals surface area contributed by atoms with Gasteiger partial charge in [0.1, 0.15) is 12.0 Å². The Morgan fingerprint density at radius 2 is 1.79 bits per heavy atom. The monoisotopic (exact) mass is 546 g/mol. The Morgan fingerprint density at radius 1 is 1.12 bits per heavy atom. The normalized spacial score (nSPS) is 18.8. The number of nitrogens with zero attached hydrogens (tertiary/aromatic N) is 4. The van der Waals surface area contributed by atoms with Gasteiger partial charge < -0.3 is 4.90 Å². The van der Waals surface area contributed by atoms with Crippen LogP contribution >= 0.6 is 27.5 Å². The maximum Gasteiger partial charge on any atom is 0.417 e. The van der Waals surface area contributed by atoms with Gasteiger partial charge in [-0.1, -0.05) is 60.1 Å². The van der Waals surface area contributed by atoms with Crippen LogP contribution in [-0.2, 0) is 12.7 Å². The molecule has 2 heterocycles. The Balaban J connectivity index is 0.00000149. The fraction of sp³-hybridized carbons (Fsp3) is 0.391. The molecule has 4 rings (SSSR count). The molecule has 0 radical (unpaired) electrons. The minimum Gasteiger partial charge on any atom is -0.352 e. The molecule has 33 heavy (non-hydrogen) atoms. The van der Waals surface area contributed by atoms with Gasteiger partial charge in [-0.25, -0.2) is 9.37 Å². The molecule has 1 aliphatic rings. The van der Waals surface area contributed by atoms with Crippen molar-refractivity contribution in [3.8, 4) is 0 Å². The molecule has 2 aromatic carbocycles. The van der Waals surface area contributed by atoms with E-state index in [0.717, 1.165) is 11.6 Å². The summed E-state index contributed by atoms with van der Waals surface area (Å²) in [6.45, 7) is 5.21. The summed E-state index contributed by atoms with van der Waals surface area (Å²) in [7, 11) is 1.62. The first kappa shape index (κ1) is 25.6. The van der Waals surface area contributed by atoms with Gasteiger partial charge >= 0.3 is 6.18 Å². The maximum absolute atomic E-state index is 15.0. The van der Waals surface area contributed by atoms with E-state index in [2.05, 4.69) is 25.9 Å². The highest BCUT2D eigenvalue weighted by molar-refractivity contribution is 9.10. The largest absolute Gasteiger partial charge is 0.417 e. The summed E-state index contributed by atoms with van der Waals surface area (Å²) in [5.74, 6) is 0.169. The van der Waals surface area contributed by atoms with Crippen molar-refractivity contribution in [3.05, 3.63) is 63.3 Å². The molecule has 1 saturated heterocycles. The van der Waals surface area contributed by atoms with Crippen molar-refractivity contribution < 1.29 is 17.6 Å². The molecule has 178 valence electrons. The van der Waals surface area contributed by atoms with Crippen LogP contribution in [0.2, 0.25) is 5.28 Å². The van der Waals surface area contributed by atoms with Crippen LogP contribution in [0.5, 0.6) is 0 Å². The molecular formula is C23H24BrClF4N4. The van der Waals surface area contributed by atoms with Gasteiger partial charge in [-0.15, -0.1) is 0 Å². The summed E-state index contributed by atoms with van der Waals surface area (Å²) >= 11 is 8.99. The van der Waals surface area contributed by atoms with Crippen LogP contribution in [0.15, 0.2) is 46.9 Å². The number of aromatic nitrogens is 2. The summed E-state index contributed by atoms with van der Waals surface area (Å²) in [4.78, 5) is 11.7. The number of alkyl halides is 4. The lowest BCUT2D eigenvalue weighted by Crippen LogP contribution is -2.40. The summed E-state index contributed by atoms with van der Waals surface area (Å²) in [6.07, 6.45) is -5.76. The zero-order valence-electron chi connectivity index (χ0n) is 18.4. The fourth-order valence-corrected chi connectivity index (χ4v) is 4.63. The predicted octanol–water partition coefficient (Wildman–Crippen LogP) is 6.75. The van der Waals surface area contributed by atoms with Gasteiger partial charge in [-0.05, 0) is 29.3 Å². The average molecular weight is 548 g/mol. The van der Waals surface area contributed by atoms with Crippen molar-refractivity contribution in [2.45, 2.75) is 38.8 Å². The van der Waals surface area contributed by atoms with E-state index in [1.165, 1.54) is 6.07 Å². The molecule has 0 spiro atoms. The van der Waals surface area contributed by atoms with Gasteiger partial charge in [0.05, 0.1) is 17.1 Å². The molecule has 0 amide bonds. The summed E-state index contributed by atoms with van der Waals surface area (Å²) in [5.41, 5.74) is 0.457. The van der Waals surface area contributed by atoms with E-state index >= 15 is 0 Å². The van der Waals surface area contributed by atoms with Crippen molar-refractivity contribution in [1.29, 1.82) is 0 Å². The molecule has 0 bridgehead atoms. The van der Waals surface area contributed by atoms with Crippen LogP contribution in [-0.4, -0.2) is 47.2 Å². The van der Waals surface area contributed by atoms with Crippen molar-refractivity contribution >= 4 is 44.3 Å². The number of benzene rings is 2. The van der Waals surface area contributed by atoms with Gasteiger partial charge in [0.2, 0.25) is 5.28 Å². The molecular weight excluding hydrogens is 524 g/mol. The quantitative estimate of drug-likeness (QED) is 0.267. The first-order valence-electron chi connectivity index (χ1n) is 10.5. The number of hydrogen-bond donors (Lipinski definition) is 0. The smallest absolute Gasteiger partial charge is 0.352 e. The number of anilines is 1. The van der Waals surface area contributed by atoms with Crippen LogP contribution in [0.1, 0.15) is 25.0 Å². The Morgan fingerprint density at radius 3 is 2.42 bits per heavy atom. The van der Waals surface area contributed by atoms with E-state index < -0.39 is 24.0 Å². The minimum atomic E-state index is -4.56. The predicted molar refractivity (Wildman–Crippen MR) is 127 cm³/mol. The average Bonchev–Trinajstić information content (AvgIpc) is 3.13. The minimum absolute atomic E-state index is 0.115. The molecule has 1 aromatic heterocycles. The van der Waals surface area contributed by atoms with Gasteiger partial charge in [0.25, 0.3) is 0 Å². The van der Waals surface area contributed by atoms with Crippen LogP contribution in [0.4, 0.5) is 23.4 Å². The summed E-state index contributed by atoms with van der Waals surface area (Å²) in [5, 5.41) is 0.0479. The number of likely N-dealkylation sites (N-methyl/N-ethyl adjacent to an activating group) is 1. The molecule has 2 atom stereocenters. The third kappa shape index (κ3) is 5.75. The zero-order chi connectivity index (χ0) is 24.3. The van der Waals surface area contributed by atoms with Gasteiger partial charge in [0.15, 0.2) is 0 Å². The Bertz CT molecular complexity index is 1100. The van der Waals surface area contributed by atoms with Crippen molar-refractivity contribution in [1.82, 2.24) is 14.9 Å². The van der Waals surface area contributed by atoms with E-state index in [9.17, 15) is 17.6 Å². The lowest BCUT2D eigenvalue weighted by atomic mass is 10.1. The molecule has 0 N–H and O–H groups in total. The second kappa shape index (κ2) is 10.5. The van der Waals surface area contributed by atoms with Crippen molar-refractivity contribution in [2.24, 2.45) is 0 Å². The third-order valence-electron chi connectivity index (χ3n) is 5.42. The summed E-state index contributed by atoms with van der Waals surface area (Å²) < 4.78 is 55.1. The van der Waals surface area contributed by atoms with Gasteiger partial charge in [0, 0.05) is 36.5 Å². The number of rotatable bonds is 4. The van der Waals surface area contributed by atoms with E-state index in [0.29, 0.717) is 13.1 Å². The van der Waals surface area contributed by atoms with Crippen molar-refractivity contribution in [2.75, 3.05) is 25.0 Å². The van der Waals surface area contributed by atoms with E-state index in [1.807, 2.05) is 49.1 Å². The molecule has 1 fully saturated rings. The van der Waals surface area contributed by atoms with Crippen LogP contribution in [0, 0.1) is 0 Å². The van der Waals surface area contributed by atoms with E-state index in [1.54, 1.807) is 11.9 Å². The number of halogens is 6. The number of fused-ring (bicyclic) bond motifs is 1. The number of hydrogen-bond acceptors (Lipinski definition) is 4. The lowest BCUT2D eigenvalue weighted by molar-refractivity contribution is -0.138. The molecule has 0 saturated carbocycles. The standard InChI is InChI=1S/C21H18BrClF4N4.C2H6/c1-30(18-11-31(10-16(18)24)9-12-5-3-2-4-6-12)19-13-7-14(21(25,26)27)15(22)8-17(13)28-20(23)29-19;1-2/h2-8,16,18H,9-11H2,1H3;1-2H3. The van der Waals surface area contributed by atoms with E-state index in [4.69, 9.17) is 11.6 Å². The van der Waals surface area contributed by atoms with Crippen molar-refractivity contribution in [3.63, 3.8) is 0 Å². The van der Waals surface area contributed by atoms with E-state index in [-0.39, 0.29) is 33.0 Å². The van der Waals surface area contributed by atoms with Crippen LogP contribution < -0.4 is 4.90 Å². The first-order chi connectivity index (χ1) is 15.6. The Labute approximate surface area is 203 Å². The zero-order valence-corrected chi connectivity index (χ0v) is 20.7. The second-order valence-electron chi connectivity index (χ2n) is 7.54. The highest BCUT2D eigenvalue weighted by atomic mass is 79.9. The third-order valence-corrected chi connectivity index (χ3v) is 6.24. The van der Waals surface area contributed by atoms with Crippen LogP contribution in [0.3, 0.4) is 0 Å². The molecule has 4 nitrogen and oxygen atoms in total. The Kier molecular flexibility index (Phi) is 8.18. The maximum atomic E-state index is 15.0. The highest BCUT2D eigenvalue weighted by Gasteiger charge is 2.38. The first-order valence-corrected chi connectivity index (χ1v) is 11.7. The van der Waals surface area contributed by atoms with Gasteiger partial charge in [-0.3, -0.25) is 4.90 Å². The second-order valence-corrected chi connectivity index (χ2v) is 8.73. The molecule has 0 aliphatic carbocycles. The molecule has 3 aromatic rings. The molecule has 10 heteroatoms. The summed E-state index contributed by atoms with van der Waals surface area (Å²) in [6, 6.07) is 11.4. The number of likely N-dealkylation sites (tertiary alicyclic amines) is 1. The fourth-order valence-electron chi connectivity index (χ4n) is 3.91.